The zero-order valence-electron chi connectivity index (χ0n) is 11.5. The van der Waals surface area contributed by atoms with Gasteiger partial charge in [0, 0.05) is 12.6 Å². The number of aliphatic carboxylic acids is 1. The van der Waals surface area contributed by atoms with Gasteiger partial charge in [-0.05, 0) is 33.1 Å². The maximum absolute atomic E-state index is 12.8. The Balaban J connectivity index is 2.28. The number of carbonyl (C=O) groups excluding carboxylic acids is 1. The largest absolute Gasteiger partial charge is 0.480 e. The summed E-state index contributed by atoms with van der Waals surface area (Å²) in [6, 6.07) is -0.375. The topological polar surface area (TPSA) is 92.9 Å². The molecule has 2 aliphatic heterocycles. The zero-order valence-corrected chi connectivity index (χ0v) is 11.5. The minimum atomic E-state index is -1.12. The van der Waals surface area contributed by atoms with Gasteiger partial charge in [0.2, 0.25) is 5.91 Å². The second-order valence-corrected chi connectivity index (χ2v) is 6.03. The Kier molecular flexibility index (Phi) is 3.57. The van der Waals surface area contributed by atoms with Gasteiger partial charge in [-0.1, -0.05) is 0 Å². The van der Waals surface area contributed by atoms with Crippen molar-refractivity contribution in [2.75, 3.05) is 19.8 Å². The summed E-state index contributed by atoms with van der Waals surface area (Å²) in [4.78, 5) is 25.8. The third-order valence-corrected chi connectivity index (χ3v) is 4.60. The van der Waals surface area contributed by atoms with Gasteiger partial charge in [-0.3, -0.25) is 4.79 Å². The van der Waals surface area contributed by atoms with Crippen LogP contribution in [0.5, 0.6) is 0 Å². The number of carbonyl (C=O) groups is 2. The van der Waals surface area contributed by atoms with Crippen molar-refractivity contribution in [2.24, 2.45) is 11.1 Å². The van der Waals surface area contributed by atoms with E-state index in [0.717, 1.165) is 12.8 Å². The summed E-state index contributed by atoms with van der Waals surface area (Å²) >= 11 is 0. The maximum Gasteiger partial charge on any atom is 0.329 e. The first-order valence-electron chi connectivity index (χ1n) is 6.71. The maximum atomic E-state index is 12.8. The monoisotopic (exact) mass is 270 g/mol. The molecule has 108 valence electrons. The van der Waals surface area contributed by atoms with Gasteiger partial charge >= 0.3 is 5.97 Å². The smallest absolute Gasteiger partial charge is 0.329 e. The van der Waals surface area contributed by atoms with E-state index in [2.05, 4.69) is 0 Å². The van der Waals surface area contributed by atoms with E-state index in [1.165, 1.54) is 4.90 Å². The summed E-state index contributed by atoms with van der Waals surface area (Å²) in [5, 5.41) is 9.45. The molecule has 3 atom stereocenters. The molecule has 2 fully saturated rings. The fraction of sp³-hybridized carbons (Fsp3) is 0.846. The Bertz CT molecular complexity index is 400. The summed E-state index contributed by atoms with van der Waals surface area (Å²) in [6.45, 7) is 4.48. The van der Waals surface area contributed by atoms with Crippen molar-refractivity contribution in [3.8, 4) is 0 Å². The molecule has 0 spiro atoms. The van der Waals surface area contributed by atoms with Crippen LogP contribution in [-0.2, 0) is 14.3 Å². The number of carboxylic acids is 1. The normalized spacial score (nSPS) is 39.3. The molecular formula is C13H22N2O4. The molecule has 0 saturated carbocycles. The molecule has 2 heterocycles. The number of piperidine rings is 1. The van der Waals surface area contributed by atoms with Gasteiger partial charge in [0.15, 0.2) is 0 Å². The number of hydrogen-bond acceptors (Lipinski definition) is 4. The summed E-state index contributed by atoms with van der Waals surface area (Å²) in [7, 11) is 0. The van der Waals surface area contributed by atoms with E-state index in [0.29, 0.717) is 19.6 Å². The number of likely N-dealkylation sites (tertiary alicyclic amines) is 1. The lowest BCUT2D eigenvalue weighted by molar-refractivity contribution is -0.166. The highest BCUT2D eigenvalue weighted by atomic mass is 16.5. The van der Waals surface area contributed by atoms with Crippen LogP contribution in [0.1, 0.15) is 33.1 Å². The lowest BCUT2D eigenvalue weighted by Crippen LogP contribution is -2.63. The van der Waals surface area contributed by atoms with E-state index in [-0.39, 0.29) is 18.6 Å². The Morgan fingerprint density at radius 3 is 2.58 bits per heavy atom. The highest BCUT2D eigenvalue weighted by Crippen LogP contribution is 2.36. The molecule has 3 N–H and O–H groups in total. The third-order valence-electron chi connectivity index (χ3n) is 4.60. The number of amides is 1. The zero-order chi connectivity index (χ0) is 14.3. The first-order valence-corrected chi connectivity index (χ1v) is 6.71. The molecule has 0 aromatic rings. The number of rotatable bonds is 2. The summed E-state index contributed by atoms with van der Waals surface area (Å²) in [5.41, 5.74) is 4.03. The van der Waals surface area contributed by atoms with Crippen molar-refractivity contribution in [1.29, 1.82) is 0 Å². The predicted octanol–water partition coefficient (Wildman–Crippen LogP) is 0.206. The van der Waals surface area contributed by atoms with E-state index < -0.39 is 16.9 Å². The minimum absolute atomic E-state index is 0.192. The van der Waals surface area contributed by atoms with Gasteiger partial charge in [0.25, 0.3) is 0 Å². The van der Waals surface area contributed by atoms with E-state index in [1.807, 2.05) is 0 Å². The second-order valence-electron chi connectivity index (χ2n) is 6.03. The van der Waals surface area contributed by atoms with Crippen LogP contribution in [0.3, 0.4) is 0 Å². The van der Waals surface area contributed by atoms with Crippen LogP contribution < -0.4 is 5.73 Å². The minimum Gasteiger partial charge on any atom is -0.480 e. The molecule has 0 aromatic heterocycles. The van der Waals surface area contributed by atoms with Crippen LogP contribution in [0, 0.1) is 5.41 Å². The van der Waals surface area contributed by atoms with Gasteiger partial charge in [0.1, 0.15) is 5.54 Å². The van der Waals surface area contributed by atoms with Crippen molar-refractivity contribution >= 4 is 11.9 Å². The molecule has 1 amide bonds. The third kappa shape index (κ3) is 2.12. The first-order chi connectivity index (χ1) is 8.82. The quantitative estimate of drug-likeness (QED) is 0.748. The van der Waals surface area contributed by atoms with Crippen LogP contribution in [0.4, 0.5) is 0 Å². The SMILES string of the molecule is CC1(C(=O)N2CCCCC2(C)C(=O)O)COCC1N. The Labute approximate surface area is 112 Å². The molecular weight excluding hydrogens is 248 g/mol. The van der Waals surface area contributed by atoms with Crippen molar-refractivity contribution in [1.82, 2.24) is 4.90 Å². The van der Waals surface area contributed by atoms with Crippen LogP contribution >= 0.6 is 0 Å². The van der Waals surface area contributed by atoms with Gasteiger partial charge in [-0.15, -0.1) is 0 Å². The molecule has 6 heteroatoms. The van der Waals surface area contributed by atoms with E-state index in [1.54, 1.807) is 13.8 Å². The molecule has 2 saturated heterocycles. The van der Waals surface area contributed by atoms with Crippen molar-refractivity contribution in [3.05, 3.63) is 0 Å². The summed E-state index contributed by atoms with van der Waals surface area (Å²) in [6.07, 6.45) is 2.15. The van der Waals surface area contributed by atoms with Gasteiger partial charge in [-0.2, -0.15) is 0 Å². The average molecular weight is 270 g/mol. The fourth-order valence-corrected chi connectivity index (χ4v) is 2.89. The Morgan fingerprint density at radius 2 is 2.05 bits per heavy atom. The highest BCUT2D eigenvalue weighted by Gasteiger charge is 2.52. The standard InChI is InChI=1S/C13H22N2O4/c1-12(8-19-7-9(12)14)10(16)15-6-4-3-5-13(15,2)11(17)18/h9H,3-8,14H2,1-2H3,(H,17,18). The van der Waals surface area contributed by atoms with Crippen LogP contribution in [0.15, 0.2) is 0 Å². The first kappa shape index (κ1) is 14.3. The van der Waals surface area contributed by atoms with E-state index >= 15 is 0 Å². The van der Waals surface area contributed by atoms with Crippen LogP contribution in [0.2, 0.25) is 0 Å². The molecule has 2 rings (SSSR count). The highest BCUT2D eigenvalue weighted by molar-refractivity contribution is 5.90. The second kappa shape index (κ2) is 4.76. The molecule has 0 aromatic carbocycles. The van der Waals surface area contributed by atoms with Crippen molar-refractivity contribution in [2.45, 2.75) is 44.7 Å². The van der Waals surface area contributed by atoms with Crippen molar-refractivity contribution < 1.29 is 19.4 Å². The average Bonchev–Trinajstić information content (AvgIpc) is 2.70. The van der Waals surface area contributed by atoms with Gasteiger partial charge in [-0.25, -0.2) is 4.79 Å². The van der Waals surface area contributed by atoms with Crippen molar-refractivity contribution in [3.63, 3.8) is 0 Å². The summed E-state index contributed by atoms with van der Waals surface area (Å²) < 4.78 is 5.29. The van der Waals surface area contributed by atoms with Crippen LogP contribution in [-0.4, -0.2) is 53.2 Å². The number of nitrogens with zero attached hydrogens (tertiary/aromatic N) is 1. The molecule has 0 aliphatic carbocycles. The molecule has 6 nitrogen and oxygen atoms in total. The number of ether oxygens (including phenoxy) is 1. The lowest BCUT2D eigenvalue weighted by atomic mass is 9.80. The molecule has 0 radical (unpaired) electrons. The van der Waals surface area contributed by atoms with E-state index in [9.17, 15) is 14.7 Å². The molecule has 0 bridgehead atoms. The number of hydrogen-bond donors (Lipinski definition) is 2. The number of carboxylic acid groups (broad SMARTS) is 1. The molecule has 2 aliphatic rings. The predicted molar refractivity (Wildman–Crippen MR) is 68.5 cm³/mol. The molecule has 3 unspecified atom stereocenters. The fourth-order valence-electron chi connectivity index (χ4n) is 2.89. The van der Waals surface area contributed by atoms with Gasteiger partial charge in [0.05, 0.1) is 18.6 Å². The van der Waals surface area contributed by atoms with Gasteiger partial charge < -0.3 is 20.5 Å². The lowest BCUT2D eigenvalue weighted by Gasteiger charge is -2.45. The Morgan fingerprint density at radius 1 is 1.37 bits per heavy atom. The Hall–Kier alpha value is -1.14. The van der Waals surface area contributed by atoms with Crippen LogP contribution in [0.25, 0.3) is 0 Å². The van der Waals surface area contributed by atoms with E-state index in [4.69, 9.17) is 10.5 Å². The molecule has 19 heavy (non-hydrogen) atoms. The number of nitrogens with two attached hydrogens (primary N) is 1. The summed E-state index contributed by atoms with van der Waals surface area (Å²) in [5.74, 6) is -1.14.